The lowest BCUT2D eigenvalue weighted by atomic mass is 9.75. The lowest BCUT2D eigenvalue weighted by Crippen LogP contribution is -2.76. The Morgan fingerprint density at radius 2 is 1.45 bits per heavy atom. The number of hydrogen-bond donors (Lipinski definition) is 8. The maximum atomic E-state index is 10.7. The lowest BCUT2D eigenvalue weighted by molar-refractivity contribution is -0.366. The molecule has 0 amide bonds. The largest absolute Gasteiger partial charge is 0.394 e. The second kappa shape index (κ2) is 6.24. The summed E-state index contributed by atoms with van der Waals surface area (Å²) in [6.45, 7) is 0.574. The highest BCUT2D eigenvalue weighted by Gasteiger charge is 2.63. The average molecular weight is 326 g/mol. The third-order valence-corrected chi connectivity index (χ3v) is 4.37. The molecule has 0 aromatic rings. The molecule has 0 aliphatic carbocycles. The minimum absolute atomic E-state index is 0.781. The first-order chi connectivity index (χ1) is 10.2. The van der Waals surface area contributed by atoms with Crippen LogP contribution in [0.3, 0.4) is 0 Å². The van der Waals surface area contributed by atoms with Gasteiger partial charge in [0.1, 0.15) is 42.7 Å². The molecular formula is C12H22O10. The van der Waals surface area contributed by atoms with Gasteiger partial charge in [-0.2, -0.15) is 0 Å². The Kier molecular flexibility index (Phi) is 5.09. The Morgan fingerprint density at radius 1 is 0.864 bits per heavy atom. The molecule has 0 aromatic heterocycles. The van der Waals surface area contributed by atoms with E-state index in [0.29, 0.717) is 0 Å². The number of ether oxygens (including phenoxy) is 2. The Bertz CT molecular complexity index is 394. The molecule has 10 nitrogen and oxygen atoms in total. The molecule has 2 aliphatic heterocycles. The molecule has 0 radical (unpaired) electrons. The molecule has 130 valence electrons. The van der Waals surface area contributed by atoms with E-state index in [0.717, 1.165) is 0 Å². The molecule has 2 saturated heterocycles. The molecule has 2 aliphatic rings. The van der Waals surface area contributed by atoms with Crippen LogP contribution in [0.25, 0.3) is 0 Å². The fourth-order valence-corrected chi connectivity index (χ4v) is 2.94. The zero-order valence-corrected chi connectivity index (χ0v) is 11.8. The summed E-state index contributed by atoms with van der Waals surface area (Å²) in [4.78, 5) is 0. The van der Waals surface area contributed by atoms with E-state index in [2.05, 4.69) is 0 Å². The van der Waals surface area contributed by atoms with Crippen molar-refractivity contribution >= 4 is 0 Å². The monoisotopic (exact) mass is 326 g/mol. The molecule has 0 bridgehead atoms. The summed E-state index contributed by atoms with van der Waals surface area (Å²) < 4.78 is 9.98. The number of aliphatic hydroxyl groups excluding tert-OH is 7. The fourth-order valence-electron chi connectivity index (χ4n) is 2.94. The second-order valence-corrected chi connectivity index (χ2v) is 5.76. The minimum Gasteiger partial charge on any atom is -0.394 e. The van der Waals surface area contributed by atoms with Crippen molar-refractivity contribution in [1.82, 2.24) is 0 Å². The van der Waals surface area contributed by atoms with Gasteiger partial charge in [-0.15, -0.1) is 0 Å². The van der Waals surface area contributed by atoms with Gasteiger partial charge in [-0.05, 0) is 6.92 Å². The van der Waals surface area contributed by atoms with Gasteiger partial charge in [-0.1, -0.05) is 0 Å². The molecular weight excluding hydrogens is 304 g/mol. The first-order valence-corrected chi connectivity index (χ1v) is 6.88. The molecule has 0 spiro atoms. The van der Waals surface area contributed by atoms with Crippen LogP contribution in [0.1, 0.15) is 6.92 Å². The highest BCUT2D eigenvalue weighted by atomic mass is 16.6. The number of rotatable bonds is 2. The predicted octanol–water partition coefficient (Wildman–Crippen LogP) is -4.98. The van der Waals surface area contributed by atoms with Crippen molar-refractivity contribution < 1.29 is 50.3 Å². The van der Waals surface area contributed by atoms with Crippen LogP contribution in [0.15, 0.2) is 0 Å². The lowest BCUT2D eigenvalue weighted by Gasteiger charge is -2.53. The molecule has 2 unspecified atom stereocenters. The van der Waals surface area contributed by atoms with Crippen molar-refractivity contribution in [3.05, 3.63) is 0 Å². The standard InChI is InChI=1S/C12H22O10/c1-3-5(14)6(15)7(16)10(21-3)12(20)8(17)4(2-13)22-11(19)9(12)18/h3-11,13-20H,2H2,1H3/t3-,4-,5-,6+,7+,8-,9+,10?,11?,12+/m1/s1. The first kappa shape index (κ1) is 17.9. The normalized spacial score (nSPS) is 56.9. The molecule has 2 heterocycles. The quantitative estimate of drug-likeness (QED) is 0.245. The van der Waals surface area contributed by atoms with Crippen molar-refractivity contribution in [2.24, 2.45) is 0 Å². The van der Waals surface area contributed by atoms with Crippen molar-refractivity contribution in [1.29, 1.82) is 0 Å². The van der Waals surface area contributed by atoms with Crippen LogP contribution >= 0.6 is 0 Å². The first-order valence-electron chi connectivity index (χ1n) is 6.88. The van der Waals surface area contributed by atoms with Crippen molar-refractivity contribution in [2.75, 3.05) is 6.61 Å². The average Bonchev–Trinajstić information content (AvgIpc) is 2.50. The zero-order valence-electron chi connectivity index (χ0n) is 11.8. The Balaban J connectivity index is 2.37. The maximum Gasteiger partial charge on any atom is 0.184 e. The van der Waals surface area contributed by atoms with Gasteiger partial charge in [0.2, 0.25) is 0 Å². The Morgan fingerprint density at radius 3 is 2.00 bits per heavy atom. The van der Waals surface area contributed by atoms with E-state index in [9.17, 15) is 35.7 Å². The van der Waals surface area contributed by atoms with Crippen LogP contribution in [0, 0.1) is 0 Å². The van der Waals surface area contributed by atoms with Crippen molar-refractivity contribution in [3.63, 3.8) is 0 Å². The van der Waals surface area contributed by atoms with Gasteiger partial charge in [0.25, 0.3) is 0 Å². The van der Waals surface area contributed by atoms with E-state index in [1.165, 1.54) is 6.92 Å². The van der Waals surface area contributed by atoms with E-state index in [1.807, 2.05) is 0 Å². The molecule has 10 atom stereocenters. The van der Waals surface area contributed by atoms with Crippen molar-refractivity contribution in [2.45, 2.75) is 67.6 Å². The van der Waals surface area contributed by atoms with Crippen LogP contribution < -0.4 is 0 Å². The summed E-state index contributed by atoms with van der Waals surface area (Å²) in [5, 5.41) is 79.0. The van der Waals surface area contributed by atoms with Gasteiger partial charge >= 0.3 is 0 Å². The fraction of sp³-hybridized carbons (Fsp3) is 1.00. The summed E-state index contributed by atoms with van der Waals surface area (Å²) >= 11 is 0. The third-order valence-electron chi connectivity index (χ3n) is 4.37. The molecule has 8 N–H and O–H groups in total. The van der Waals surface area contributed by atoms with E-state index in [-0.39, 0.29) is 0 Å². The summed E-state index contributed by atoms with van der Waals surface area (Å²) in [6, 6.07) is 0. The van der Waals surface area contributed by atoms with Crippen molar-refractivity contribution in [3.8, 4) is 0 Å². The molecule has 0 aromatic carbocycles. The predicted molar refractivity (Wildman–Crippen MR) is 67.3 cm³/mol. The van der Waals surface area contributed by atoms with E-state index < -0.39 is 67.3 Å². The highest BCUT2D eigenvalue weighted by molar-refractivity contribution is 5.11. The van der Waals surface area contributed by atoms with Crippen LogP contribution in [0.4, 0.5) is 0 Å². The van der Waals surface area contributed by atoms with Crippen LogP contribution in [-0.4, -0.2) is 108 Å². The van der Waals surface area contributed by atoms with Crippen LogP contribution in [0.5, 0.6) is 0 Å². The SMILES string of the molecule is C[C@H]1OC([C@]2(O)[C@H](O)[C@@H](CO)OC(O)[C@@H]2O)[C@@H](O)[C@@H](O)[C@@H]1O. The van der Waals surface area contributed by atoms with Gasteiger partial charge < -0.3 is 50.3 Å². The summed E-state index contributed by atoms with van der Waals surface area (Å²) in [5.41, 5.74) is -2.64. The summed E-state index contributed by atoms with van der Waals surface area (Å²) in [7, 11) is 0. The molecule has 0 saturated carbocycles. The van der Waals surface area contributed by atoms with Crippen LogP contribution in [0.2, 0.25) is 0 Å². The number of aliphatic hydroxyl groups is 8. The minimum atomic E-state index is -2.64. The topological polar surface area (TPSA) is 180 Å². The number of hydrogen-bond acceptors (Lipinski definition) is 10. The van der Waals surface area contributed by atoms with Gasteiger partial charge in [-0.25, -0.2) is 0 Å². The van der Waals surface area contributed by atoms with Crippen LogP contribution in [-0.2, 0) is 9.47 Å². The summed E-state index contributed by atoms with van der Waals surface area (Å²) in [5.74, 6) is 0. The van der Waals surface area contributed by atoms with Gasteiger partial charge in [0, 0.05) is 0 Å². The van der Waals surface area contributed by atoms with Gasteiger partial charge in [0.05, 0.1) is 12.7 Å². The molecule has 10 heteroatoms. The molecule has 22 heavy (non-hydrogen) atoms. The molecule has 2 rings (SSSR count). The van der Waals surface area contributed by atoms with E-state index in [1.54, 1.807) is 0 Å². The Hall–Kier alpha value is -0.400. The summed E-state index contributed by atoms with van der Waals surface area (Å²) in [6.07, 6.45) is -15.2. The second-order valence-electron chi connectivity index (χ2n) is 5.76. The third kappa shape index (κ3) is 2.55. The molecule has 2 fully saturated rings. The van der Waals surface area contributed by atoms with Gasteiger partial charge in [0.15, 0.2) is 11.9 Å². The van der Waals surface area contributed by atoms with E-state index >= 15 is 0 Å². The highest BCUT2D eigenvalue weighted by Crippen LogP contribution is 2.38. The van der Waals surface area contributed by atoms with E-state index in [4.69, 9.17) is 14.6 Å². The Labute approximate surface area is 125 Å². The van der Waals surface area contributed by atoms with Gasteiger partial charge in [-0.3, -0.25) is 0 Å². The smallest absolute Gasteiger partial charge is 0.184 e. The maximum absolute atomic E-state index is 10.7. The zero-order chi connectivity index (χ0) is 16.8.